The maximum absolute atomic E-state index is 14.3. The van der Waals surface area contributed by atoms with Crippen LogP contribution in [-0.4, -0.2) is 25.4 Å². The Morgan fingerprint density at radius 2 is 1.86 bits per heavy atom. The number of H-pyrrole nitrogens is 1. The maximum Gasteiger partial charge on any atom is 0.332 e. The van der Waals surface area contributed by atoms with Crippen LogP contribution in [0.1, 0.15) is 21.6 Å². The van der Waals surface area contributed by atoms with E-state index in [1.165, 1.54) is 16.7 Å². The van der Waals surface area contributed by atoms with E-state index in [1.807, 2.05) is 19.9 Å². The van der Waals surface area contributed by atoms with Crippen LogP contribution in [0.5, 0.6) is 0 Å². The van der Waals surface area contributed by atoms with Crippen molar-refractivity contribution < 1.29 is 13.6 Å². The molecule has 4 rings (SSSR count). The van der Waals surface area contributed by atoms with Gasteiger partial charge in [0.1, 0.15) is 5.52 Å². The van der Waals surface area contributed by atoms with Crippen molar-refractivity contribution in [3.63, 3.8) is 0 Å². The number of rotatable bonds is 3. The Morgan fingerprint density at radius 1 is 1.10 bits per heavy atom. The number of imidazole rings is 1. The molecule has 2 aromatic heterocycles. The van der Waals surface area contributed by atoms with Crippen LogP contribution in [-0.2, 0) is 0 Å². The first-order valence-corrected chi connectivity index (χ1v) is 8.62. The predicted octanol–water partition coefficient (Wildman–Crippen LogP) is 2.77. The van der Waals surface area contributed by atoms with Crippen LogP contribution >= 0.6 is 0 Å². The number of hydrogen-bond acceptors (Lipinski definition) is 4. The average Bonchev–Trinajstić information content (AvgIpc) is 3.01. The van der Waals surface area contributed by atoms with Crippen molar-refractivity contribution in [1.82, 2.24) is 19.5 Å². The summed E-state index contributed by atoms with van der Waals surface area (Å²) in [5.74, 6) is -3.46. The molecule has 0 fully saturated rings. The fourth-order valence-corrected chi connectivity index (χ4v) is 3.06. The molecule has 146 valence electrons. The molecule has 0 atom stereocenters. The predicted molar refractivity (Wildman–Crippen MR) is 103 cm³/mol. The first-order chi connectivity index (χ1) is 13.8. The van der Waals surface area contributed by atoms with Gasteiger partial charge in [0.05, 0.1) is 11.3 Å². The van der Waals surface area contributed by atoms with E-state index < -0.39 is 23.2 Å². The number of fused-ring (bicyclic) bond motifs is 1. The number of hydrogen-bond donors (Lipinski definition) is 2. The Labute approximate surface area is 162 Å². The number of halogens is 2. The van der Waals surface area contributed by atoms with Crippen LogP contribution in [0.4, 0.5) is 8.78 Å². The van der Waals surface area contributed by atoms with Gasteiger partial charge in [-0.25, -0.2) is 28.1 Å². The molecule has 2 aromatic carbocycles. The number of nitrogens with one attached hydrogen (secondary N) is 1. The normalized spacial score (nSPS) is 11.2. The third kappa shape index (κ3) is 2.96. The first-order valence-electron chi connectivity index (χ1n) is 8.62. The van der Waals surface area contributed by atoms with Crippen molar-refractivity contribution in [1.29, 1.82) is 0 Å². The standard InChI is InChI=1S/C20H15F2N5O2/c1-9-6-7-11(8-10(9)2)27-19-16(25-20(27)29)15(17(23)28)24-18(26-19)12-4-3-5-13(21)14(12)22/h3-8H,1-2H3,(H2,23,28)(H,25,29). The van der Waals surface area contributed by atoms with Crippen LogP contribution in [0, 0.1) is 25.5 Å². The lowest BCUT2D eigenvalue weighted by atomic mass is 10.1. The van der Waals surface area contributed by atoms with Gasteiger partial charge >= 0.3 is 5.69 Å². The highest BCUT2D eigenvalue weighted by Gasteiger charge is 2.22. The molecule has 3 N–H and O–H groups in total. The fourth-order valence-electron chi connectivity index (χ4n) is 3.06. The minimum absolute atomic E-state index is 0.0151. The lowest BCUT2D eigenvalue weighted by molar-refractivity contribution is 0.0997. The zero-order valence-corrected chi connectivity index (χ0v) is 15.5. The quantitative estimate of drug-likeness (QED) is 0.556. The van der Waals surface area contributed by atoms with Gasteiger partial charge in [-0.2, -0.15) is 0 Å². The molecule has 0 radical (unpaired) electrons. The number of nitrogens with zero attached hydrogens (tertiary/aromatic N) is 3. The molecular formula is C20H15F2N5O2. The Bertz CT molecular complexity index is 1360. The largest absolute Gasteiger partial charge is 0.364 e. The van der Waals surface area contributed by atoms with Gasteiger partial charge in [0.15, 0.2) is 28.8 Å². The SMILES string of the molecule is Cc1ccc(-n2c(=O)[nH]c3c(C(N)=O)nc(-c4cccc(F)c4F)nc32)cc1C. The second-order valence-electron chi connectivity index (χ2n) is 6.59. The summed E-state index contributed by atoms with van der Waals surface area (Å²) >= 11 is 0. The number of aryl methyl sites for hydroxylation is 2. The van der Waals surface area contributed by atoms with E-state index in [9.17, 15) is 18.4 Å². The van der Waals surface area contributed by atoms with Gasteiger partial charge < -0.3 is 10.7 Å². The van der Waals surface area contributed by atoms with Crippen LogP contribution in [0.25, 0.3) is 28.2 Å². The molecule has 2 heterocycles. The van der Waals surface area contributed by atoms with Gasteiger partial charge in [-0.15, -0.1) is 0 Å². The van der Waals surface area contributed by atoms with Crippen LogP contribution in [0.2, 0.25) is 0 Å². The van der Waals surface area contributed by atoms with E-state index in [0.29, 0.717) is 5.69 Å². The zero-order valence-electron chi connectivity index (χ0n) is 15.5. The van der Waals surface area contributed by atoms with Gasteiger partial charge in [0, 0.05) is 0 Å². The van der Waals surface area contributed by atoms with E-state index in [1.54, 1.807) is 12.1 Å². The number of aromatic amines is 1. The Hall–Kier alpha value is -3.88. The van der Waals surface area contributed by atoms with Crippen molar-refractivity contribution in [3.8, 4) is 17.1 Å². The molecule has 0 aliphatic rings. The molecule has 0 spiro atoms. The molecule has 0 aliphatic heterocycles. The molecule has 7 nitrogen and oxygen atoms in total. The van der Waals surface area contributed by atoms with Crippen molar-refractivity contribution in [2.75, 3.05) is 0 Å². The number of amides is 1. The summed E-state index contributed by atoms with van der Waals surface area (Å²) in [7, 11) is 0. The molecule has 0 unspecified atom stereocenters. The summed E-state index contributed by atoms with van der Waals surface area (Å²) in [6, 6.07) is 8.84. The molecule has 0 saturated heterocycles. The molecule has 9 heteroatoms. The summed E-state index contributed by atoms with van der Waals surface area (Å²) in [6.07, 6.45) is 0. The Kier molecular flexibility index (Phi) is 4.22. The zero-order chi connectivity index (χ0) is 20.9. The van der Waals surface area contributed by atoms with E-state index in [0.717, 1.165) is 17.2 Å². The second-order valence-corrected chi connectivity index (χ2v) is 6.59. The average molecular weight is 395 g/mol. The first kappa shape index (κ1) is 18.5. The number of carbonyl (C=O) groups excluding carboxylic acids is 1. The van der Waals surface area contributed by atoms with Crippen molar-refractivity contribution >= 4 is 17.1 Å². The van der Waals surface area contributed by atoms with Crippen molar-refractivity contribution in [2.45, 2.75) is 13.8 Å². The second kappa shape index (κ2) is 6.62. The highest BCUT2D eigenvalue weighted by Crippen LogP contribution is 2.25. The van der Waals surface area contributed by atoms with Gasteiger partial charge in [0.2, 0.25) is 0 Å². The minimum atomic E-state index is -1.17. The van der Waals surface area contributed by atoms with Crippen LogP contribution in [0.15, 0.2) is 41.2 Å². The van der Waals surface area contributed by atoms with Crippen LogP contribution < -0.4 is 11.4 Å². The molecule has 29 heavy (non-hydrogen) atoms. The molecule has 0 bridgehead atoms. The lowest BCUT2D eigenvalue weighted by Gasteiger charge is -2.09. The minimum Gasteiger partial charge on any atom is -0.364 e. The van der Waals surface area contributed by atoms with E-state index >= 15 is 0 Å². The number of benzene rings is 2. The summed E-state index contributed by atoms with van der Waals surface area (Å²) in [5, 5.41) is 0. The molecular weight excluding hydrogens is 380 g/mol. The van der Waals surface area contributed by atoms with E-state index in [2.05, 4.69) is 15.0 Å². The molecule has 1 amide bonds. The summed E-state index contributed by atoms with van der Waals surface area (Å²) < 4.78 is 29.2. The third-order valence-corrected chi connectivity index (χ3v) is 4.71. The summed E-state index contributed by atoms with van der Waals surface area (Å²) in [5.41, 5.74) is 6.78. The highest BCUT2D eigenvalue weighted by molar-refractivity contribution is 6.02. The van der Waals surface area contributed by atoms with Gasteiger partial charge in [0.25, 0.3) is 5.91 Å². The Morgan fingerprint density at radius 3 is 2.55 bits per heavy atom. The van der Waals surface area contributed by atoms with Crippen LogP contribution in [0.3, 0.4) is 0 Å². The van der Waals surface area contributed by atoms with Crippen molar-refractivity contribution in [3.05, 3.63) is 75.3 Å². The van der Waals surface area contributed by atoms with E-state index in [4.69, 9.17) is 5.73 Å². The Balaban J connectivity index is 2.09. The topological polar surface area (TPSA) is 107 Å². The molecule has 0 saturated carbocycles. The fraction of sp³-hybridized carbons (Fsp3) is 0.100. The van der Waals surface area contributed by atoms with E-state index in [-0.39, 0.29) is 28.2 Å². The highest BCUT2D eigenvalue weighted by atomic mass is 19.2. The van der Waals surface area contributed by atoms with Gasteiger partial charge in [-0.3, -0.25) is 4.79 Å². The number of primary amides is 1. The molecule has 0 aliphatic carbocycles. The van der Waals surface area contributed by atoms with Gasteiger partial charge in [-0.1, -0.05) is 12.1 Å². The summed E-state index contributed by atoms with van der Waals surface area (Å²) in [6.45, 7) is 3.81. The monoisotopic (exact) mass is 395 g/mol. The smallest absolute Gasteiger partial charge is 0.332 e. The van der Waals surface area contributed by atoms with Crippen molar-refractivity contribution in [2.24, 2.45) is 5.73 Å². The van der Waals surface area contributed by atoms with Gasteiger partial charge in [-0.05, 0) is 49.2 Å². The number of nitrogens with two attached hydrogens (primary N) is 1. The molecule has 4 aromatic rings. The number of carbonyl (C=O) groups is 1. The summed E-state index contributed by atoms with van der Waals surface area (Å²) in [4.78, 5) is 35.3. The maximum atomic E-state index is 14.3. The lowest BCUT2D eigenvalue weighted by Crippen LogP contribution is -2.15. The number of aromatic nitrogens is 4. The third-order valence-electron chi connectivity index (χ3n) is 4.71.